The second kappa shape index (κ2) is 4.99. The summed E-state index contributed by atoms with van der Waals surface area (Å²) < 4.78 is 0. The molecule has 0 spiro atoms. The highest BCUT2D eigenvalue weighted by Gasteiger charge is 2.04. The van der Waals surface area contributed by atoms with Crippen LogP contribution in [0, 0.1) is 11.3 Å². The summed E-state index contributed by atoms with van der Waals surface area (Å²) in [6.07, 6.45) is 2.97. The van der Waals surface area contributed by atoms with Gasteiger partial charge < -0.3 is 11.1 Å². The number of nitriles is 1. The molecule has 3 N–H and O–H groups in total. The van der Waals surface area contributed by atoms with Gasteiger partial charge in [0.15, 0.2) is 11.0 Å². The lowest BCUT2D eigenvalue weighted by Crippen LogP contribution is -2.07. The number of allylic oxidation sites excluding steroid dienone is 1. The number of hydrogen-bond acceptors (Lipinski definition) is 6. The lowest BCUT2D eigenvalue weighted by atomic mass is 10.4. The molecule has 1 aromatic rings. The third kappa shape index (κ3) is 2.57. The van der Waals surface area contributed by atoms with E-state index in [1.165, 1.54) is 6.08 Å². The fourth-order valence-corrected chi connectivity index (χ4v) is 0.833. The van der Waals surface area contributed by atoms with Gasteiger partial charge >= 0.3 is 0 Å². The number of rotatable bonds is 3. The molecule has 0 unspecified atom stereocenters. The summed E-state index contributed by atoms with van der Waals surface area (Å²) in [5, 5.41) is 21.6. The van der Waals surface area contributed by atoms with E-state index in [1.807, 2.05) is 6.07 Å². The molecule has 1 aromatic heterocycles. The summed E-state index contributed by atoms with van der Waals surface area (Å²) in [6, 6.07) is 1.85. The van der Waals surface area contributed by atoms with Crippen molar-refractivity contribution in [3.8, 4) is 6.07 Å². The third-order valence-corrected chi connectivity index (χ3v) is 1.61. The lowest BCUT2D eigenvalue weighted by molar-refractivity contribution is 0.870. The predicted molar refractivity (Wildman–Crippen MR) is 52.5 cm³/mol. The van der Waals surface area contributed by atoms with Crippen LogP contribution in [0.15, 0.2) is 12.2 Å². The first-order valence-corrected chi connectivity index (χ1v) is 4.06. The summed E-state index contributed by atoms with van der Waals surface area (Å²) in [4.78, 5) is 0. The Balaban J connectivity index is 2.64. The number of hydrogen-bond donors (Lipinski definition) is 2. The first kappa shape index (κ1) is 10.2. The molecule has 0 amide bonds. The maximum atomic E-state index is 8.21. The lowest BCUT2D eigenvalue weighted by Gasteiger charge is -2.03. The second-order valence-corrected chi connectivity index (χ2v) is 2.61. The zero-order chi connectivity index (χ0) is 10.4. The van der Waals surface area contributed by atoms with Gasteiger partial charge in [0.2, 0.25) is 0 Å². The SMILES string of the molecule is N#CC=CCNc1nnnc(Cl)c1N. The van der Waals surface area contributed by atoms with E-state index in [4.69, 9.17) is 22.6 Å². The van der Waals surface area contributed by atoms with Crippen LogP contribution >= 0.6 is 11.6 Å². The van der Waals surface area contributed by atoms with Gasteiger partial charge in [-0.3, -0.25) is 0 Å². The molecular formula is C7H7ClN6. The third-order valence-electron chi connectivity index (χ3n) is 1.33. The minimum absolute atomic E-state index is 0.103. The minimum atomic E-state index is 0.103. The van der Waals surface area contributed by atoms with E-state index in [-0.39, 0.29) is 10.8 Å². The van der Waals surface area contributed by atoms with Crippen LogP contribution < -0.4 is 11.1 Å². The molecule has 0 atom stereocenters. The van der Waals surface area contributed by atoms with Crippen molar-refractivity contribution in [2.45, 2.75) is 0 Å². The van der Waals surface area contributed by atoms with Crippen LogP contribution in [0.3, 0.4) is 0 Å². The van der Waals surface area contributed by atoms with Gasteiger partial charge in [0.1, 0.15) is 5.69 Å². The Morgan fingerprint density at radius 1 is 1.57 bits per heavy atom. The quantitative estimate of drug-likeness (QED) is 0.709. The van der Waals surface area contributed by atoms with Crippen molar-refractivity contribution in [2.75, 3.05) is 17.6 Å². The number of anilines is 2. The van der Waals surface area contributed by atoms with Crippen molar-refractivity contribution in [3.63, 3.8) is 0 Å². The standard InChI is InChI=1S/C7H7ClN6/c8-6-5(10)7(13-14-12-6)11-4-2-1-3-9/h1-2H,4H2,(H2,10,14)(H,11,12,13). The topological polar surface area (TPSA) is 101 Å². The molecule has 1 rings (SSSR count). The molecule has 0 aliphatic heterocycles. The van der Waals surface area contributed by atoms with Crippen molar-refractivity contribution in [1.82, 2.24) is 15.4 Å². The summed E-state index contributed by atoms with van der Waals surface area (Å²) in [5.41, 5.74) is 5.79. The van der Waals surface area contributed by atoms with E-state index in [0.29, 0.717) is 12.4 Å². The van der Waals surface area contributed by atoms with Crippen molar-refractivity contribution in [2.24, 2.45) is 0 Å². The van der Waals surface area contributed by atoms with Gasteiger partial charge in [0.25, 0.3) is 0 Å². The van der Waals surface area contributed by atoms with Crippen LogP contribution in [0.4, 0.5) is 11.5 Å². The Morgan fingerprint density at radius 2 is 2.36 bits per heavy atom. The highest BCUT2D eigenvalue weighted by Crippen LogP contribution is 2.20. The molecule has 72 valence electrons. The normalized spacial score (nSPS) is 10.0. The van der Waals surface area contributed by atoms with Crippen molar-refractivity contribution >= 4 is 23.1 Å². The Morgan fingerprint density at radius 3 is 3.07 bits per heavy atom. The summed E-state index contributed by atoms with van der Waals surface area (Å²) >= 11 is 5.60. The molecule has 0 saturated carbocycles. The molecular weight excluding hydrogens is 204 g/mol. The number of nitrogens with two attached hydrogens (primary N) is 1. The number of halogens is 1. The van der Waals surface area contributed by atoms with Crippen molar-refractivity contribution < 1.29 is 0 Å². The van der Waals surface area contributed by atoms with Crippen LogP contribution in [0.1, 0.15) is 0 Å². The Hall–Kier alpha value is -1.87. The van der Waals surface area contributed by atoms with E-state index in [2.05, 4.69) is 20.7 Å². The Kier molecular flexibility index (Phi) is 3.64. The molecule has 14 heavy (non-hydrogen) atoms. The molecule has 0 radical (unpaired) electrons. The highest BCUT2D eigenvalue weighted by atomic mass is 35.5. The van der Waals surface area contributed by atoms with E-state index >= 15 is 0 Å². The average Bonchev–Trinajstić information content (AvgIpc) is 2.19. The minimum Gasteiger partial charge on any atom is -0.393 e. The fraction of sp³-hybridized carbons (Fsp3) is 0.143. The fourth-order valence-electron chi connectivity index (χ4n) is 0.710. The van der Waals surface area contributed by atoms with Gasteiger partial charge in [-0.1, -0.05) is 17.7 Å². The number of nitrogens with one attached hydrogen (secondary N) is 1. The molecule has 6 nitrogen and oxygen atoms in total. The average molecular weight is 211 g/mol. The van der Waals surface area contributed by atoms with Crippen LogP contribution in [-0.4, -0.2) is 22.0 Å². The molecule has 1 heterocycles. The first-order valence-electron chi connectivity index (χ1n) is 3.68. The monoisotopic (exact) mass is 210 g/mol. The van der Waals surface area contributed by atoms with Gasteiger partial charge in [0.05, 0.1) is 6.07 Å². The zero-order valence-corrected chi connectivity index (χ0v) is 7.86. The van der Waals surface area contributed by atoms with E-state index < -0.39 is 0 Å². The van der Waals surface area contributed by atoms with E-state index in [0.717, 1.165) is 0 Å². The maximum absolute atomic E-state index is 8.21. The Labute approximate surface area is 85.4 Å². The molecule has 0 aliphatic rings. The Bertz CT molecular complexity index is 382. The predicted octanol–water partition coefficient (Wildman–Crippen LogP) is 0.599. The maximum Gasteiger partial charge on any atom is 0.180 e. The molecule has 0 saturated heterocycles. The number of nitrogen functional groups attached to an aromatic ring is 1. The molecule has 7 heteroatoms. The highest BCUT2D eigenvalue weighted by molar-refractivity contribution is 6.32. The molecule has 0 bridgehead atoms. The van der Waals surface area contributed by atoms with Gasteiger partial charge in [-0.25, -0.2) is 0 Å². The molecule has 0 aromatic carbocycles. The summed E-state index contributed by atoms with van der Waals surface area (Å²) in [7, 11) is 0. The number of nitrogens with zero attached hydrogens (tertiary/aromatic N) is 4. The summed E-state index contributed by atoms with van der Waals surface area (Å²) in [5.74, 6) is 0.354. The van der Waals surface area contributed by atoms with Crippen LogP contribution in [0.25, 0.3) is 0 Å². The van der Waals surface area contributed by atoms with Crippen LogP contribution in [0.5, 0.6) is 0 Å². The van der Waals surface area contributed by atoms with Gasteiger partial charge in [-0.15, -0.1) is 10.2 Å². The second-order valence-electron chi connectivity index (χ2n) is 2.25. The van der Waals surface area contributed by atoms with Gasteiger partial charge in [-0.2, -0.15) is 5.26 Å². The van der Waals surface area contributed by atoms with Crippen molar-refractivity contribution in [3.05, 3.63) is 17.3 Å². The molecule has 0 aliphatic carbocycles. The van der Waals surface area contributed by atoms with Crippen LogP contribution in [-0.2, 0) is 0 Å². The van der Waals surface area contributed by atoms with E-state index in [1.54, 1.807) is 6.08 Å². The molecule has 0 fully saturated rings. The van der Waals surface area contributed by atoms with E-state index in [9.17, 15) is 0 Å². The number of aromatic nitrogens is 3. The van der Waals surface area contributed by atoms with Crippen LogP contribution in [0.2, 0.25) is 5.15 Å². The largest absolute Gasteiger partial charge is 0.393 e. The van der Waals surface area contributed by atoms with Gasteiger partial charge in [0, 0.05) is 12.6 Å². The smallest absolute Gasteiger partial charge is 0.180 e. The first-order chi connectivity index (χ1) is 6.75. The van der Waals surface area contributed by atoms with Crippen molar-refractivity contribution in [1.29, 1.82) is 5.26 Å². The van der Waals surface area contributed by atoms with Gasteiger partial charge in [-0.05, 0) is 5.21 Å². The summed E-state index contributed by atoms with van der Waals surface area (Å²) in [6.45, 7) is 0.423. The zero-order valence-electron chi connectivity index (χ0n) is 7.11.